The van der Waals surface area contributed by atoms with E-state index >= 15 is 0 Å². The van der Waals surface area contributed by atoms with Gasteiger partial charge in [0.05, 0.1) is 5.69 Å². The van der Waals surface area contributed by atoms with E-state index in [1.165, 1.54) is 17.7 Å². The van der Waals surface area contributed by atoms with Crippen LogP contribution in [0.5, 0.6) is 0 Å². The molecule has 106 valence electrons. The summed E-state index contributed by atoms with van der Waals surface area (Å²) in [5, 5.41) is 0. The molecule has 20 heavy (non-hydrogen) atoms. The van der Waals surface area contributed by atoms with E-state index in [9.17, 15) is 4.39 Å². The second kappa shape index (κ2) is 5.37. The van der Waals surface area contributed by atoms with Crippen LogP contribution >= 0.6 is 0 Å². The molecule has 1 atom stereocenters. The summed E-state index contributed by atoms with van der Waals surface area (Å²) in [5.74, 6) is 0.921. The lowest BCUT2D eigenvalue weighted by atomic mass is 9.94. The van der Waals surface area contributed by atoms with Gasteiger partial charge in [-0.3, -0.25) is 4.90 Å². The Morgan fingerprint density at radius 2 is 2.10 bits per heavy atom. The van der Waals surface area contributed by atoms with E-state index in [2.05, 4.69) is 23.7 Å². The van der Waals surface area contributed by atoms with Crippen molar-refractivity contribution >= 4 is 0 Å². The van der Waals surface area contributed by atoms with Crippen LogP contribution in [-0.4, -0.2) is 16.4 Å². The summed E-state index contributed by atoms with van der Waals surface area (Å²) in [6.07, 6.45) is 2.86. The summed E-state index contributed by atoms with van der Waals surface area (Å²) in [6.45, 7) is 5.98. The van der Waals surface area contributed by atoms with Gasteiger partial charge in [0.2, 0.25) is 0 Å². The Hall–Kier alpha value is -1.68. The number of aromatic nitrogens is 1. The van der Waals surface area contributed by atoms with E-state index in [0.717, 1.165) is 31.1 Å². The monoisotopic (exact) mass is 274 g/mol. The van der Waals surface area contributed by atoms with E-state index in [1.807, 2.05) is 12.1 Å². The highest BCUT2D eigenvalue weighted by Crippen LogP contribution is 2.34. The minimum atomic E-state index is -0.183. The molecule has 1 saturated heterocycles. The molecule has 0 N–H and O–H groups in total. The Bertz CT molecular complexity index is 576. The summed E-state index contributed by atoms with van der Waals surface area (Å²) in [5.41, 5.74) is 2.14. The molecule has 0 amide bonds. The highest BCUT2D eigenvalue weighted by atomic mass is 19.1. The van der Waals surface area contributed by atoms with Crippen LogP contribution in [0.1, 0.15) is 49.4 Å². The molecule has 0 aliphatic carbocycles. The van der Waals surface area contributed by atoms with Crippen molar-refractivity contribution < 1.29 is 8.81 Å². The Balaban J connectivity index is 1.67. The fourth-order valence-corrected chi connectivity index (χ4v) is 2.56. The molecule has 2 heterocycles. The van der Waals surface area contributed by atoms with Crippen molar-refractivity contribution in [1.82, 2.24) is 9.88 Å². The van der Waals surface area contributed by atoms with Crippen molar-refractivity contribution in [3.8, 4) is 0 Å². The lowest BCUT2D eigenvalue weighted by molar-refractivity contribution is 0.0803. The maximum absolute atomic E-state index is 13.0. The third-order valence-electron chi connectivity index (χ3n) is 3.81. The van der Waals surface area contributed by atoms with Crippen molar-refractivity contribution in [3.05, 3.63) is 53.5 Å². The van der Waals surface area contributed by atoms with Crippen LogP contribution in [0.3, 0.4) is 0 Å². The van der Waals surface area contributed by atoms with E-state index in [4.69, 9.17) is 4.42 Å². The first-order valence-electron chi connectivity index (χ1n) is 7.07. The van der Waals surface area contributed by atoms with Crippen LogP contribution in [0.15, 0.2) is 34.9 Å². The summed E-state index contributed by atoms with van der Waals surface area (Å²) >= 11 is 0. The molecule has 0 spiro atoms. The molecule has 0 radical (unpaired) electrons. The average Bonchev–Trinajstić information content (AvgIpc) is 2.86. The molecule has 3 rings (SSSR count). The van der Waals surface area contributed by atoms with Crippen LogP contribution in [0, 0.1) is 5.82 Å². The van der Waals surface area contributed by atoms with E-state index in [1.54, 1.807) is 6.26 Å². The number of rotatable bonds is 4. The standard InChI is InChI=1S/C16H19FN2O/c1-11(2)16-18-14(10-20-16)9-19-8-7-15(19)12-3-5-13(17)6-4-12/h3-6,10-11,15H,7-9H2,1-2H3/t15-/m0/s1. The lowest BCUT2D eigenvalue weighted by Crippen LogP contribution is -2.40. The Labute approximate surface area is 118 Å². The molecule has 1 aromatic heterocycles. The Morgan fingerprint density at radius 1 is 1.35 bits per heavy atom. The average molecular weight is 274 g/mol. The first kappa shape index (κ1) is 13.3. The van der Waals surface area contributed by atoms with Gasteiger partial charge in [0, 0.05) is 25.0 Å². The van der Waals surface area contributed by atoms with E-state index in [0.29, 0.717) is 12.0 Å². The number of hydrogen-bond donors (Lipinski definition) is 0. The lowest BCUT2D eigenvalue weighted by Gasteiger charge is -2.40. The van der Waals surface area contributed by atoms with Gasteiger partial charge in [0.25, 0.3) is 0 Å². The zero-order chi connectivity index (χ0) is 14.1. The molecular formula is C16H19FN2O. The first-order valence-corrected chi connectivity index (χ1v) is 7.07. The first-order chi connectivity index (χ1) is 9.63. The molecule has 0 bridgehead atoms. The maximum atomic E-state index is 13.0. The number of oxazole rings is 1. The van der Waals surface area contributed by atoms with Crippen LogP contribution in [0.4, 0.5) is 4.39 Å². The molecule has 3 nitrogen and oxygen atoms in total. The van der Waals surface area contributed by atoms with Gasteiger partial charge in [0.15, 0.2) is 5.89 Å². The minimum Gasteiger partial charge on any atom is -0.448 e. The van der Waals surface area contributed by atoms with Gasteiger partial charge in [0.1, 0.15) is 12.1 Å². The van der Waals surface area contributed by atoms with Gasteiger partial charge in [-0.15, -0.1) is 0 Å². The molecule has 0 saturated carbocycles. The molecule has 1 aliphatic rings. The SMILES string of the molecule is CC(C)c1nc(CN2CC[C@H]2c2ccc(F)cc2)co1. The third kappa shape index (κ3) is 2.61. The second-order valence-corrected chi connectivity index (χ2v) is 5.66. The molecule has 1 aromatic carbocycles. The van der Waals surface area contributed by atoms with Crippen molar-refractivity contribution in [2.24, 2.45) is 0 Å². The summed E-state index contributed by atoms with van der Waals surface area (Å²) < 4.78 is 18.4. The fourth-order valence-electron chi connectivity index (χ4n) is 2.56. The van der Waals surface area contributed by atoms with Crippen molar-refractivity contribution in [2.45, 2.75) is 38.8 Å². The van der Waals surface area contributed by atoms with E-state index < -0.39 is 0 Å². The van der Waals surface area contributed by atoms with Gasteiger partial charge >= 0.3 is 0 Å². The zero-order valence-electron chi connectivity index (χ0n) is 11.8. The number of nitrogens with zero attached hydrogens (tertiary/aromatic N) is 2. The normalized spacial score (nSPS) is 19.3. The topological polar surface area (TPSA) is 29.3 Å². The largest absolute Gasteiger partial charge is 0.448 e. The highest BCUT2D eigenvalue weighted by Gasteiger charge is 2.30. The van der Waals surface area contributed by atoms with Gasteiger partial charge < -0.3 is 4.42 Å². The number of hydrogen-bond acceptors (Lipinski definition) is 3. The van der Waals surface area contributed by atoms with Gasteiger partial charge in [-0.25, -0.2) is 9.37 Å². The number of likely N-dealkylation sites (tertiary alicyclic amines) is 1. The molecule has 4 heteroatoms. The summed E-state index contributed by atoms with van der Waals surface area (Å²) in [6, 6.07) is 7.16. The number of halogens is 1. The minimum absolute atomic E-state index is 0.183. The zero-order valence-corrected chi connectivity index (χ0v) is 11.8. The molecule has 1 aliphatic heterocycles. The van der Waals surface area contributed by atoms with Crippen molar-refractivity contribution in [2.75, 3.05) is 6.54 Å². The smallest absolute Gasteiger partial charge is 0.196 e. The fraction of sp³-hybridized carbons (Fsp3) is 0.438. The molecule has 1 fully saturated rings. The van der Waals surface area contributed by atoms with Crippen LogP contribution in [-0.2, 0) is 6.54 Å². The molecule has 0 unspecified atom stereocenters. The summed E-state index contributed by atoms with van der Waals surface area (Å²) in [4.78, 5) is 6.85. The van der Waals surface area contributed by atoms with Crippen molar-refractivity contribution in [1.29, 1.82) is 0 Å². The predicted molar refractivity (Wildman–Crippen MR) is 74.8 cm³/mol. The third-order valence-corrected chi connectivity index (χ3v) is 3.81. The van der Waals surface area contributed by atoms with Gasteiger partial charge in [-0.1, -0.05) is 26.0 Å². The maximum Gasteiger partial charge on any atom is 0.196 e. The quantitative estimate of drug-likeness (QED) is 0.847. The van der Waals surface area contributed by atoms with Crippen LogP contribution < -0.4 is 0 Å². The predicted octanol–water partition coefficient (Wildman–Crippen LogP) is 3.88. The second-order valence-electron chi connectivity index (χ2n) is 5.66. The van der Waals surface area contributed by atoms with Crippen molar-refractivity contribution in [3.63, 3.8) is 0 Å². The Kier molecular flexibility index (Phi) is 3.57. The summed E-state index contributed by atoms with van der Waals surface area (Å²) in [7, 11) is 0. The Morgan fingerprint density at radius 3 is 2.65 bits per heavy atom. The van der Waals surface area contributed by atoms with Gasteiger partial charge in [-0.05, 0) is 24.1 Å². The van der Waals surface area contributed by atoms with Gasteiger partial charge in [-0.2, -0.15) is 0 Å². The molecule has 2 aromatic rings. The van der Waals surface area contributed by atoms with E-state index in [-0.39, 0.29) is 5.82 Å². The molecular weight excluding hydrogens is 255 g/mol. The van der Waals surface area contributed by atoms with Crippen LogP contribution in [0.2, 0.25) is 0 Å². The highest BCUT2D eigenvalue weighted by molar-refractivity contribution is 5.22. The number of benzene rings is 1. The van der Waals surface area contributed by atoms with Crippen LogP contribution in [0.25, 0.3) is 0 Å².